The summed E-state index contributed by atoms with van der Waals surface area (Å²) in [4.78, 5) is 22.3. The Hall–Kier alpha value is -1.88. The summed E-state index contributed by atoms with van der Waals surface area (Å²) in [5, 5.41) is 0. The van der Waals surface area contributed by atoms with E-state index < -0.39 is 5.97 Å². The zero-order chi connectivity index (χ0) is 12.7. The van der Waals surface area contributed by atoms with Crippen molar-refractivity contribution in [2.75, 3.05) is 19.8 Å². The van der Waals surface area contributed by atoms with Gasteiger partial charge < -0.3 is 15.2 Å². The van der Waals surface area contributed by atoms with Crippen molar-refractivity contribution >= 4 is 11.8 Å². The van der Waals surface area contributed by atoms with Crippen molar-refractivity contribution in [1.82, 2.24) is 0 Å². The molecule has 0 aliphatic carbocycles. The van der Waals surface area contributed by atoms with Crippen LogP contribution in [0.25, 0.3) is 0 Å². The molecule has 92 valence electrons. The molecule has 0 bridgehead atoms. The number of ether oxygens (including phenoxy) is 2. The van der Waals surface area contributed by atoms with Crippen molar-refractivity contribution in [3.05, 3.63) is 29.8 Å². The first kappa shape index (κ1) is 13.2. The van der Waals surface area contributed by atoms with Crippen LogP contribution in [-0.4, -0.2) is 31.5 Å². The Bertz CT molecular complexity index is 386. The molecule has 0 saturated heterocycles. The first-order valence-corrected chi connectivity index (χ1v) is 5.29. The van der Waals surface area contributed by atoms with Crippen LogP contribution in [0.15, 0.2) is 24.3 Å². The normalized spacial score (nSPS) is 9.76. The van der Waals surface area contributed by atoms with Gasteiger partial charge in [0.1, 0.15) is 5.75 Å². The van der Waals surface area contributed by atoms with E-state index in [1.165, 1.54) is 0 Å². The summed E-state index contributed by atoms with van der Waals surface area (Å²) in [6, 6.07) is 6.44. The average molecular weight is 237 g/mol. The molecule has 0 unspecified atom stereocenters. The largest absolute Gasteiger partial charge is 0.482 e. The van der Waals surface area contributed by atoms with Crippen LogP contribution in [0.2, 0.25) is 0 Å². The minimum Gasteiger partial charge on any atom is -0.482 e. The topological polar surface area (TPSA) is 78.6 Å². The molecule has 1 rings (SSSR count). The number of hydrogen-bond donors (Lipinski definition) is 1. The van der Waals surface area contributed by atoms with Gasteiger partial charge in [-0.1, -0.05) is 0 Å². The fraction of sp³-hybridized carbons (Fsp3) is 0.333. The summed E-state index contributed by atoms with van der Waals surface area (Å²) in [5.74, 6) is -0.0526. The smallest absolute Gasteiger partial charge is 0.344 e. The molecule has 1 aromatic rings. The van der Waals surface area contributed by atoms with Gasteiger partial charge in [-0.25, -0.2) is 4.79 Å². The van der Waals surface area contributed by atoms with Crippen LogP contribution in [0.1, 0.15) is 17.3 Å². The predicted molar refractivity (Wildman–Crippen MR) is 62.0 cm³/mol. The second-order valence-corrected chi connectivity index (χ2v) is 3.25. The van der Waals surface area contributed by atoms with Gasteiger partial charge in [0.15, 0.2) is 12.4 Å². The van der Waals surface area contributed by atoms with Gasteiger partial charge in [-0.15, -0.1) is 0 Å². The van der Waals surface area contributed by atoms with Gasteiger partial charge in [-0.3, -0.25) is 4.79 Å². The van der Waals surface area contributed by atoms with Gasteiger partial charge in [0.2, 0.25) is 0 Å². The van der Waals surface area contributed by atoms with Crippen LogP contribution in [0.4, 0.5) is 0 Å². The Balaban J connectivity index is 2.51. The first-order chi connectivity index (χ1) is 8.17. The number of carbonyl (C=O) groups excluding carboxylic acids is 2. The Labute approximate surface area is 99.5 Å². The molecule has 0 radical (unpaired) electrons. The highest BCUT2D eigenvalue weighted by Gasteiger charge is 2.05. The van der Waals surface area contributed by atoms with E-state index in [0.717, 1.165) is 0 Å². The van der Waals surface area contributed by atoms with E-state index in [2.05, 4.69) is 0 Å². The lowest BCUT2D eigenvalue weighted by Crippen LogP contribution is -2.15. The summed E-state index contributed by atoms with van der Waals surface area (Å²) in [6.45, 7) is 1.89. The Morgan fingerprint density at radius 3 is 2.41 bits per heavy atom. The van der Waals surface area contributed by atoms with E-state index in [1.54, 1.807) is 31.2 Å². The molecule has 0 atom stereocenters. The quantitative estimate of drug-likeness (QED) is 0.584. The molecule has 17 heavy (non-hydrogen) atoms. The first-order valence-electron chi connectivity index (χ1n) is 5.29. The zero-order valence-corrected chi connectivity index (χ0v) is 9.64. The van der Waals surface area contributed by atoms with Gasteiger partial charge in [0.25, 0.3) is 0 Å². The summed E-state index contributed by atoms with van der Waals surface area (Å²) < 4.78 is 9.88. The molecule has 0 spiro atoms. The standard InChI is InChI=1S/C12H15NO4/c1-2-16-12(15)8-17-10-5-3-9(4-6-10)11(14)7-13/h3-6H,2,7-8,13H2,1H3. The number of hydrogen-bond acceptors (Lipinski definition) is 5. The van der Waals surface area contributed by atoms with Crippen molar-refractivity contribution < 1.29 is 19.1 Å². The molecule has 2 N–H and O–H groups in total. The van der Waals surface area contributed by atoms with Gasteiger partial charge in [-0.05, 0) is 31.2 Å². The molecule has 0 saturated carbocycles. The number of nitrogens with two attached hydrogens (primary N) is 1. The van der Waals surface area contributed by atoms with Gasteiger partial charge >= 0.3 is 5.97 Å². The Morgan fingerprint density at radius 1 is 1.24 bits per heavy atom. The van der Waals surface area contributed by atoms with E-state index >= 15 is 0 Å². The van der Waals surface area contributed by atoms with E-state index in [-0.39, 0.29) is 18.9 Å². The molecule has 5 nitrogen and oxygen atoms in total. The monoisotopic (exact) mass is 237 g/mol. The highest BCUT2D eigenvalue weighted by atomic mass is 16.6. The van der Waals surface area contributed by atoms with Crippen LogP contribution in [0.3, 0.4) is 0 Å². The molecule has 0 fully saturated rings. The molecule has 0 amide bonds. The van der Waals surface area contributed by atoms with Crippen molar-refractivity contribution in [2.45, 2.75) is 6.92 Å². The van der Waals surface area contributed by atoms with Crippen molar-refractivity contribution in [3.63, 3.8) is 0 Å². The minimum absolute atomic E-state index is 0.0248. The van der Waals surface area contributed by atoms with Gasteiger partial charge in [0, 0.05) is 5.56 Å². The number of rotatable bonds is 6. The lowest BCUT2D eigenvalue weighted by Gasteiger charge is -2.06. The SMILES string of the molecule is CCOC(=O)COc1ccc(C(=O)CN)cc1. The average Bonchev–Trinajstić information content (AvgIpc) is 2.36. The molecular formula is C12H15NO4. The molecular weight excluding hydrogens is 222 g/mol. The van der Waals surface area contributed by atoms with Gasteiger partial charge in [0.05, 0.1) is 13.2 Å². The van der Waals surface area contributed by atoms with Crippen LogP contribution >= 0.6 is 0 Å². The lowest BCUT2D eigenvalue weighted by molar-refractivity contribution is -0.145. The van der Waals surface area contributed by atoms with Crippen molar-refractivity contribution in [3.8, 4) is 5.75 Å². The number of ketones is 1. The number of Topliss-reactive ketones (excluding diaryl/α,β-unsaturated/α-hetero) is 1. The highest BCUT2D eigenvalue weighted by Crippen LogP contribution is 2.12. The Kier molecular flexibility index (Phi) is 5.16. The summed E-state index contributed by atoms with van der Waals surface area (Å²) in [5.41, 5.74) is 5.76. The fourth-order valence-corrected chi connectivity index (χ4v) is 1.20. The molecule has 0 aliphatic heterocycles. The lowest BCUT2D eigenvalue weighted by atomic mass is 10.1. The van der Waals surface area contributed by atoms with Crippen molar-refractivity contribution in [2.24, 2.45) is 5.73 Å². The predicted octanol–water partition coefficient (Wildman–Crippen LogP) is 0.770. The second kappa shape index (κ2) is 6.65. The third kappa shape index (κ3) is 4.24. The molecule has 0 aliphatic rings. The molecule has 0 aromatic heterocycles. The maximum absolute atomic E-state index is 11.2. The maximum Gasteiger partial charge on any atom is 0.344 e. The van der Waals surface area contributed by atoms with Crippen LogP contribution in [0, 0.1) is 0 Å². The maximum atomic E-state index is 11.2. The summed E-state index contributed by atoms with van der Waals surface area (Å²) >= 11 is 0. The zero-order valence-electron chi connectivity index (χ0n) is 9.64. The third-order valence-electron chi connectivity index (χ3n) is 2.02. The number of esters is 1. The second-order valence-electron chi connectivity index (χ2n) is 3.25. The summed E-state index contributed by atoms with van der Waals surface area (Å²) in [7, 11) is 0. The van der Waals surface area contributed by atoms with Crippen LogP contribution in [0.5, 0.6) is 5.75 Å². The summed E-state index contributed by atoms with van der Waals surface area (Å²) in [6.07, 6.45) is 0. The number of carbonyl (C=O) groups is 2. The highest BCUT2D eigenvalue weighted by molar-refractivity contribution is 5.97. The molecule has 1 aromatic carbocycles. The van der Waals surface area contributed by atoms with E-state index in [9.17, 15) is 9.59 Å². The van der Waals surface area contributed by atoms with Crippen LogP contribution in [-0.2, 0) is 9.53 Å². The van der Waals surface area contributed by atoms with Gasteiger partial charge in [-0.2, -0.15) is 0 Å². The minimum atomic E-state index is -0.422. The van der Waals surface area contributed by atoms with Crippen LogP contribution < -0.4 is 10.5 Å². The molecule has 0 heterocycles. The third-order valence-corrected chi connectivity index (χ3v) is 2.02. The number of benzene rings is 1. The molecule has 5 heteroatoms. The fourth-order valence-electron chi connectivity index (χ4n) is 1.20. The Morgan fingerprint density at radius 2 is 1.88 bits per heavy atom. The van der Waals surface area contributed by atoms with E-state index in [0.29, 0.717) is 17.9 Å². The van der Waals surface area contributed by atoms with Crippen molar-refractivity contribution in [1.29, 1.82) is 0 Å². The van der Waals surface area contributed by atoms with E-state index in [4.69, 9.17) is 15.2 Å². The van der Waals surface area contributed by atoms with E-state index in [1.807, 2.05) is 0 Å².